The largest absolute Gasteiger partial charge is 0.385 e. The SMILES string of the molecule is CCc1cc(C(=O)NCCOCCC(=O)CC(CCC(=O)CCCOC)C(=O)CCCOC)cc(C(=O)NCCOCCC(=O)NC(CCC(=O)CCCOC)C(=O)CCCOC)c1. The van der Waals surface area contributed by atoms with Crippen molar-refractivity contribution >= 4 is 46.6 Å². The summed E-state index contributed by atoms with van der Waals surface area (Å²) >= 11 is 0. The molecule has 0 fully saturated rings. The Bertz CT molecular complexity index is 1460. The number of ketones is 5. The lowest BCUT2D eigenvalue weighted by atomic mass is 9.88. The predicted octanol–water partition coefficient (Wildman–Crippen LogP) is 4.13. The highest BCUT2D eigenvalue weighted by molar-refractivity contribution is 6.00. The summed E-state index contributed by atoms with van der Waals surface area (Å²) in [5.41, 5.74) is 1.38. The number of methoxy groups -OCH3 is 4. The van der Waals surface area contributed by atoms with Crippen LogP contribution in [0.25, 0.3) is 0 Å². The lowest BCUT2D eigenvalue weighted by Crippen LogP contribution is -2.41. The molecule has 1 aromatic rings. The van der Waals surface area contributed by atoms with Crippen molar-refractivity contribution in [2.24, 2.45) is 5.92 Å². The van der Waals surface area contributed by atoms with Crippen LogP contribution in [0, 0.1) is 5.92 Å². The van der Waals surface area contributed by atoms with E-state index in [2.05, 4.69) is 16.0 Å². The molecule has 2 unspecified atom stereocenters. The summed E-state index contributed by atoms with van der Waals surface area (Å²) in [7, 11) is 6.24. The second-order valence-electron chi connectivity index (χ2n) is 15.5. The van der Waals surface area contributed by atoms with Crippen molar-refractivity contribution in [2.45, 2.75) is 116 Å². The number of rotatable bonds is 42. The fraction of sp³-hybridized carbons (Fsp3) is 0.702. The van der Waals surface area contributed by atoms with Crippen molar-refractivity contribution in [1.82, 2.24) is 16.0 Å². The first-order valence-corrected chi connectivity index (χ1v) is 22.6. The van der Waals surface area contributed by atoms with Gasteiger partial charge in [0.2, 0.25) is 5.91 Å². The van der Waals surface area contributed by atoms with Gasteiger partial charge in [-0.2, -0.15) is 0 Å². The van der Waals surface area contributed by atoms with E-state index >= 15 is 0 Å². The van der Waals surface area contributed by atoms with E-state index in [0.717, 1.165) is 5.56 Å². The van der Waals surface area contributed by atoms with E-state index in [-0.39, 0.29) is 126 Å². The number of amides is 3. The lowest BCUT2D eigenvalue weighted by Gasteiger charge is -2.18. The van der Waals surface area contributed by atoms with Crippen molar-refractivity contribution in [1.29, 1.82) is 0 Å². The number of nitrogens with one attached hydrogen (secondary N) is 3. The lowest BCUT2D eigenvalue weighted by molar-refractivity contribution is -0.129. The Balaban J connectivity index is 2.54. The molecular weight excluding hydrogens is 831 g/mol. The molecule has 3 amide bonds. The molecule has 362 valence electrons. The van der Waals surface area contributed by atoms with Crippen LogP contribution in [0.2, 0.25) is 0 Å². The zero-order valence-electron chi connectivity index (χ0n) is 39.0. The molecule has 1 aromatic carbocycles. The van der Waals surface area contributed by atoms with Crippen molar-refractivity contribution in [3.8, 4) is 0 Å². The fourth-order valence-electron chi connectivity index (χ4n) is 6.60. The molecule has 1 rings (SSSR count). The standard InChI is InChI=1S/C47H75N3O14/c1-6-35-31-37(46(57)48-21-29-63-27-19-41(53)34-36(43(54)13-9-25-61-4)15-16-39(51)11-7-23-59-2)33-38(32-35)47(58)49-22-30-64-28-20-45(56)50-42(44(55)14-10-26-62-5)18-17-40(52)12-8-24-60-3/h31-33,36,42H,6-30,34H2,1-5H3,(H,48,57)(H,49,58)(H,50,56). The van der Waals surface area contributed by atoms with Gasteiger partial charge in [0.25, 0.3) is 11.8 Å². The molecule has 17 heteroatoms. The van der Waals surface area contributed by atoms with Crippen LogP contribution < -0.4 is 16.0 Å². The molecule has 0 aromatic heterocycles. The molecular formula is C47H75N3O14. The Morgan fingerprint density at radius 2 is 0.969 bits per heavy atom. The zero-order chi connectivity index (χ0) is 47.4. The van der Waals surface area contributed by atoms with Crippen molar-refractivity contribution < 1.29 is 66.8 Å². The van der Waals surface area contributed by atoms with Crippen molar-refractivity contribution in [3.05, 3.63) is 34.9 Å². The van der Waals surface area contributed by atoms with E-state index < -0.39 is 23.8 Å². The smallest absolute Gasteiger partial charge is 0.251 e. The van der Waals surface area contributed by atoms with Crippen LogP contribution in [0.3, 0.4) is 0 Å². The van der Waals surface area contributed by atoms with Gasteiger partial charge in [-0.1, -0.05) is 6.92 Å². The second-order valence-corrected chi connectivity index (χ2v) is 15.5. The highest BCUT2D eigenvalue weighted by Gasteiger charge is 2.23. The maximum Gasteiger partial charge on any atom is 0.251 e. The van der Waals surface area contributed by atoms with Gasteiger partial charge in [-0.15, -0.1) is 0 Å². The van der Waals surface area contributed by atoms with Gasteiger partial charge in [-0.25, -0.2) is 0 Å². The number of hydrogen-bond donors (Lipinski definition) is 3. The Kier molecular flexibility index (Phi) is 33.4. The fourth-order valence-corrected chi connectivity index (χ4v) is 6.60. The maximum atomic E-state index is 13.0. The first-order chi connectivity index (χ1) is 30.9. The quantitative estimate of drug-likeness (QED) is 0.0785. The van der Waals surface area contributed by atoms with Gasteiger partial charge in [0.15, 0.2) is 5.78 Å². The number of benzene rings is 1. The van der Waals surface area contributed by atoms with Crippen LogP contribution in [0.4, 0.5) is 0 Å². The molecule has 17 nitrogen and oxygen atoms in total. The summed E-state index contributed by atoms with van der Waals surface area (Å²) in [6.45, 7) is 4.43. The zero-order valence-corrected chi connectivity index (χ0v) is 39.0. The summed E-state index contributed by atoms with van der Waals surface area (Å²) < 4.78 is 31.2. The molecule has 3 N–H and O–H groups in total. The summed E-state index contributed by atoms with van der Waals surface area (Å²) in [6.07, 6.45) is 5.08. The van der Waals surface area contributed by atoms with Gasteiger partial charge in [0, 0.05) is 143 Å². The Hall–Kier alpha value is -4.26. The van der Waals surface area contributed by atoms with E-state index in [1.54, 1.807) is 40.6 Å². The Morgan fingerprint density at radius 1 is 0.500 bits per heavy atom. The summed E-state index contributed by atoms with van der Waals surface area (Å²) in [4.78, 5) is 102. The normalized spacial score (nSPS) is 12.0. The second kappa shape index (κ2) is 37.0. The van der Waals surface area contributed by atoms with Gasteiger partial charge in [-0.3, -0.25) is 38.4 Å². The third-order valence-corrected chi connectivity index (χ3v) is 10.3. The monoisotopic (exact) mass is 906 g/mol. The topological polar surface area (TPSA) is 228 Å². The molecule has 0 spiro atoms. The average molecular weight is 906 g/mol. The van der Waals surface area contributed by atoms with Gasteiger partial charge in [-0.05, 0) is 68.7 Å². The number of carbonyl (C=O) groups excluding carboxylic acids is 8. The van der Waals surface area contributed by atoms with Crippen molar-refractivity contribution in [3.63, 3.8) is 0 Å². The van der Waals surface area contributed by atoms with Crippen LogP contribution in [-0.4, -0.2) is 147 Å². The average Bonchev–Trinajstić information content (AvgIpc) is 3.28. The third kappa shape index (κ3) is 27.8. The summed E-state index contributed by atoms with van der Waals surface area (Å²) in [5, 5.41) is 8.29. The van der Waals surface area contributed by atoms with E-state index in [0.29, 0.717) is 88.9 Å². The first kappa shape index (κ1) is 57.8. The van der Waals surface area contributed by atoms with E-state index in [9.17, 15) is 38.4 Å². The van der Waals surface area contributed by atoms with Crippen LogP contribution in [-0.2, 0) is 63.6 Å². The molecule has 0 radical (unpaired) electrons. The van der Waals surface area contributed by atoms with Crippen LogP contribution in [0.5, 0.6) is 0 Å². The minimum absolute atomic E-state index is 0.000752. The molecule has 0 bridgehead atoms. The third-order valence-electron chi connectivity index (χ3n) is 10.3. The molecule has 64 heavy (non-hydrogen) atoms. The molecule has 0 saturated heterocycles. The minimum Gasteiger partial charge on any atom is -0.385 e. The molecule has 0 aliphatic carbocycles. The van der Waals surface area contributed by atoms with Crippen LogP contribution in [0.1, 0.15) is 130 Å². The van der Waals surface area contributed by atoms with Crippen molar-refractivity contribution in [2.75, 3.05) is 94.4 Å². The van der Waals surface area contributed by atoms with E-state index in [1.165, 1.54) is 6.07 Å². The van der Waals surface area contributed by atoms with E-state index in [4.69, 9.17) is 28.4 Å². The van der Waals surface area contributed by atoms with Gasteiger partial charge >= 0.3 is 0 Å². The number of aryl methyl sites for hydroxylation is 1. The Labute approximate surface area is 379 Å². The molecule has 2 atom stereocenters. The number of ether oxygens (including phenoxy) is 6. The van der Waals surface area contributed by atoms with Crippen LogP contribution in [0.15, 0.2) is 18.2 Å². The van der Waals surface area contributed by atoms with Gasteiger partial charge in [0.1, 0.15) is 23.1 Å². The molecule has 0 aliphatic heterocycles. The van der Waals surface area contributed by atoms with Gasteiger partial charge < -0.3 is 44.4 Å². The highest BCUT2D eigenvalue weighted by Crippen LogP contribution is 2.19. The molecule has 0 aliphatic rings. The predicted molar refractivity (Wildman–Crippen MR) is 239 cm³/mol. The van der Waals surface area contributed by atoms with Crippen LogP contribution >= 0.6 is 0 Å². The van der Waals surface area contributed by atoms with E-state index in [1.807, 2.05) is 6.92 Å². The molecule has 0 saturated carbocycles. The maximum absolute atomic E-state index is 13.0. The number of carbonyl (C=O) groups is 8. The molecule has 0 heterocycles. The minimum atomic E-state index is -0.788. The summed E-state index contributed by atoms with van der Waals surface area (Å²) in [6, 6.07) is 4.12. The number of Topliss-reactive ketones (excluding diaryl/α,β-unsaturated/α-hetero) is 5. The highest BCUT2D eigenvalue weighted by atomic mass is 16.5. The summed E-state index contributed by atoms with van der Waals surface area (Å²) in [5.74, 6) is -2.04. The van der Waals surface area contributed by atoms with Gasteiger partial charge in [0.05, 0.1) is 32.5 Å². The Morgan fingerprint density at radius 3 is 1.47 bits per heavy atom. The first-order valence-electron chi connectivity index (χ1n) is 22.6. The number of hydrogen-bond acceptors (Lipinski definition) is 14.